The van der Waals surface area contributed by atoms with Crippen molar-refractivity contribution in [2.75, 3.05) is 7.05 Å². The van der Waals surface area contributed by atoms with Crippen molar-refractivity contribution in [3.8, 4) is 0 Å². The standard InChI is InChI=1S/C20H20BrN3O2/c1-23(13-14-7-9-15(21)10-8-14)19(25)12-11-18-22-17-6-4-3-5-16(17)20(26)24(18)2/h3-10H,11-13H2,1-2H3. The van der Waals surface area contributed by atoms with Crippen molar-refractivity contribution in [1.82, 2.24) is 14.5 Å². The fourth-order valence-corrected chi connectivity index (χ4v) is 3.11. The number of rotatable bonds is 5. The predicted octanol–water partition coefficient (Wildman–Crippen LogP) is 3.29. The number of carbonyl (C=O) groups excluding carboxylic acids is 1. The molecule has 0 saturated heterocycles. The number of amides is 1. The van der Waals surface area contributed by atoms with Gasteiger partial charge in [-0.15, -0.1) is 0 Å². The van der Waals surface area contributed by atoms with Crippen LogP contribution in [0.1, 0.15) is 17.8 Å². The van der Waals surface area contributed by atoms with Crippen molar-refractivity contribution in [2.45, 2.75) is 19.4 Å². The third kappa shape index (κ3) is 4.02. The quantitative estimate of drug-likeness (QED) is 0.644. The van der Waals surface area contributed by atoms with E-state index in [9.17, 15) is 9.59 Å². The van der Waals surface area contributed by atoms with E-state index in [-0.39, 0.29) is 11.5 Å². The lowest BCUT2D eigenvalue weighted by molar-refractivity contribution is -0.130. The van der Waals surface area contributed by atoms with Crippen LogP contribution in [0.3, 0.4) is 0 Å². The highest BCUT2D eigenvalue weighted by Crippen LogP contribution is 2.13. The number of para-hydroxylation sites is 1. The summed E-state index contributed by atoms with van der Waals surface area (Å²) in [7, 11) is 3.49. The molecule has 0 aliphatic carbocycles. The van der Waals surface area contributed by atoms with Crippen LogP contribution in [0.15, 0.2) is 57.8 Å². The molecule has 3 rings (SSSR count). The number of aromatic nitrogens is 2. The first-order valence-corrected chi connectivity index (χ1v) is 9.18. The largest absolute Gasteiger partial charge is 0.341 e. The van der Waals surface area contributed by atoms with E-state index in [1.54, 1.807) is 25.1 Å². The normalized spacial score (nSPS) is 10.9. The number of hydrogen-bond donors (Lipinski definition) is 0. The zero-order valence-corrected chi connectivity index (χ0v) is 16.4. The van der Waals surface area contributed by atoms with Crippen molar-refractivity contribution >= 4 is 32.7 Å². The highest BCUT2D eigenvalue weighted by molar-refractivity contribution is 9.10. The Labute approximate surface area is 160 Å². The van der Waals surface area contributed by atoms with Crippen LogP contribution in [0.4, 0.5) is 0 Å². The first kappa shape index (κ1) is 18.3. The van der Waals surface area contributed by atoms with Crippen LogP contribution < -0.4 is 5.56 Å². The SMILES string of the molecule is CN(Cc1ccc(Br)cc1)C(=O)CCc1nc2ccccc2c(=O)n1C. The molecule has 26 heavy (non-hydrogen) atoms. The number of nitrogens with zero attached hydrogens (tertiary/aromatic N) is 3. The number of aryl methyl sites for hydroxylation is 1. The molecule has 0 spiro atoms. The molecular weight excluding hydrogens is 394 g/mol. The van der Waals surface area contributed by atoms with E-state index in [1.807, 2.05) is 42.5 Å². The second-order valence-corrected chi connectivity index (χ2v) is 7.20. The van der Waals surface area contributed by atoms with Crippen LogP contribution in [0, 0.1) is 0 Å². The molecule has 134 valence electrons. The first-order chi connectivity index (χ1) is 12.5. The summed E-state index contributed by atoms with van der Waals surface area (Å²) in [6.45, 7) is 0.552. The van der Waals surface area contributed by atoms with Gasteiger partial charge in [0.25, 0.3) is 5.56 Å². The van der Waals surface area contributed by atoms with Crippen molar-refractivity contribution in [3.05, 3.63) is 74.7 Å². The van der Waals surface area contributed by atoms with Gasteiger partial charge >= 0.3 is 0 Å². The van der Waals surface area contributed by atoms with Crippen LogP contribution >= 0.6 is 15.9 Å². The van der Waals surface area contributed by atoms with Gasteiger partial charge in [0, 0.05) is 38.0 Å². The lowest BCUT2D eigenvalue weighted by Crippen LogP contribution is -2.28. The second-order valence-electron chi connectivity index (χ2n) is 6.29. The molecule has 0 atom stereocenters. The minimum atomic E-state index is -0.0822. The molecular formula is C20H20BrN3O2. The van der Waals surface area contributed by atoms with E-state index in [0.717, 1.165) is 10.0 Å². The molecule has 1 heterocycles. The van der Waals surface area contributed by atoms with Gasteiger partial charge in [-0.2, -0.15) is 0 Å². The van der Waals surface area contributed by atoms with E-state index in [2.05, 4.69) is 20.9 Å². The average molecular weight is 414 g/mol. The minimum Gasteiger partial charge on any atom is -0.341 e. The van der Waals surface area contributed by atoms with Crippen molar-refractivity contribution < 1.29 is 4.79 Å². The summed E-state index contributed by atoms with van der Waals surface area (Å²) in [6.07, 6.45) is 0.742. The molecule has 0 bridgehead atoms. The Hall–Kier alpha value is -2.47. The highest BCUT2D eigenvalue weighted by atomic mass is 79.9. The molecule has 6 heteroatoms. The van der Waals surface area contributed by atoms with Gasteiger partial charge in [-0.1, -0.05) is 40.2 Å². The molecule has 2 aromatic carbocycles. The maximum atomic E-state index is 12.4. The van der Waals surface area contributed by atoms with Crippen LogP contribution in [-0.2, 0) is 24.8 Å². The number of fused-ring (bicyclic) bond motifs is 1. The maximum absolute atomic E-state index is 12.4. The van der Waals surface area contributed by atoms with Crippen LogP contribution in [0.2, 0.25) is 0 Å². The summed E-state index contributed by atoms with van der Waals surface area (Å²) in [5, 5.41) is 0.595. The molecule has 0 aliphatic heterocycles. The molecule has 1 amide bonds. The lowest BCUT2D eigenvalue weighted by atomic mass is 10.2. The third-order valence-corrected chi connectivity index (χ3v) is 4.93. The van der Waals surface area contributed by atoms with Gasteiger partial charge in [0.05, 0.1) is 10.9 Å². The fourth-order valence-electron chi connectivity index (χ4n) is 2.85. The minimum absolute atomic E-state index is 0.0235. The van der Waals surface area contributed by atoms with E-state index in [1.165, 1.54) is 4.57 Å². The molecule has 0 aliphatic rings. The van der Waals surface area contributed by atoms with Crippen molar-refractivity contribution in [1.29, 1.82) is 0 Å². The lowest BCUT2D eigenvalue weighted by Gasteiger charge is -2.17. The zero-order valence-electron chi connectivity index (χ0n) is 14.8. The average Bonchev–Trinajstić information content (AvgIpc) is 2.65. The van der Waals surface area contributed by atoms with Gasteiger partial charge in [-0.25, -0.2) is 4.98 Å². The number of carbonyl (C=O) groups is 1. The van der Waals surface area contributed by atoms with Gasteiger partial charge in [0.2, 0.25) is 5.91 Å². The molecule has 0 N–H and O–H groups in total. The van der Waals surface area contributed by atoms with E-state index in [0.29, 0.717) is 36.1 Å². The fraction of sp³-hybridized carbons (Fsp3) is 0.250. The van der Waals surface area contributed by atoms with Gasteiger partial charge in [-0.3, -0.25) is 14.2 Å². The second kappa shape index (κ2) is 7.83. The van der Waals surface area contributed by atoms with E-state index >= 15 is 0 Å². The third-order valence-electron chi connectivity index (χ3n) is 4.40. The highest BCUT2D eigenvalue weighted by Gasteiger charge is 2.13. The summed E-state index contributed by atoms with van der Waals surface area (Å²) >= 11 is 3.41. The molecule has 1 aromatic heterocycles. The summed E-state index contributed by atoms with van der Waals surface area (Å²) in [5.74, 6) is 0.648. The van der Waals surface area contributed by atoms with Gasteiger partial charge < -0.3 is 4.90 Å². The summed E-state index contributed by atoms with van der Waals surface area (Å²) in [6, 6.07) is 15.2. The maximum Gasteiger partial charge on any atom is 0.261 e. The summed E-state index contributed by atoms with van der Waals surface area (Å²) < 4.78 is 2.54. The van der Waals surface area contributed by atoms with Crippen LogP contribution in [0.25, 0.3) is 10.9 Å². The zero-order chi connectivity index (χ0) is 18.7. The monoisotopic (exact) mass is 413 g/mol. The first-order valence-electron chi connectivity index (χ1n) is 8.39. The Balaban J connectivity index is 1.69. The summed E-state index contributed by atoms with van der Waals surface area (Å²) in [5.41, 5.74) is 1.66. The molecule has 0 saturated carbocycles. The van der Waals surface area contributed by atoms with E-state index in [4.69, 9.17) is 0 Å². The molecule has 0 unspecified atom stereocenters. The van der Waals surface area contributed by atoms with Gasteiger partial charge in [0.1, 0.15) is 5.82 Å². The number of hydrogen-bond acceptors (Lipinski definition) is 3. The summed E-state index contributed by atoms with van der Waals surface area (Å²) in [4.78, 5) is 31.1. The van der Waals surface area contributed by atoms with Crippen molar-refractivity contribution in [3.63, 3.8) is 0 Å². The Morgan fingerprint density at radius 3 is 2.58 bits per heavy atom. The van der Waals surface area contributed by atoms with Crippen LogP contribution in [-0.4, -0.2) is 27.4 Å². The van der Waals surface area contributed by atoms with Gasteiger partial charge in [0.15, 0.2) is 0 Å². The smallest absolute Gasteiger partial charge is 0.261 e. The predicted molar refractivity (Wildman–Crippen MR) is 106 cm³/mol. The Bertz CT molecular complexity index is 996. The Morgan fingerprint density at radius 1 is 1.15 bits per heavy atom. The topological polar surface area (TPSA) is 55.2 Å². The van der Waals surface area contributed by atoms with E-state index < -0.39 is 0 Å². The number of halogens is 1. The van der Waals surface area contributed by atoms with Crippen molar-refractivity contribution in [2.24, 2.45) is 7.05 Å². The Morgan fingerprint density at radius 2 is 1.85 bits per heavy atom. The van der Waals surface area contributed by atoms with Crippen LogP contribution in [0.5, 0.6) is 0 Å². The Kier molecular flexibility index (Phi) is 5.52. The van der Waals surface area contributed by atoms with Gasteiger partial charge in [-0.05, 0) is 29.8 Å². The molecule has 3 aromatic rings. The molecule has 0 radical (unpaired) electrons. The molecule has 0 fully saturated rings. The molecule has 5 nitrogen and oxygen atoms in total. The number of benzene rings is 2.